The van der Waals surface area contributed by atoms with Crippen molar-refractivity contribution in [1.29, 1.82) is 0 Å². The molecule has 1 aliphatic rings. The molecule has 1 amide bonds. The molecule has 0 atom stereocenters. The Morgan fingerprint density at radius 3 is 2.58 bits per heavy atom. The molecular formula is C17H22N4O2S. The Morgan fingerprint density at radius 1 is 1.21 bits per heavy atom. The number of thiophene rings is 1. The molecule has 3 heterocycles. The number of carbonyl (C=O) groups is 1. The minimum atomic E-state index is -0.462. The highest BCUT2D eigenvalue weighted by Crippen LogP contribution is 2.23. The second-order valence-electron chi connectivity index (χ2n) is 6.73. The van der Waals surface area contributed by atoms with E-state index < -0.39 is 5.60 Å². The minimum Gasteiger partial charge on any atom is -0.444 e. The van der Waals surface area contributed by atoms with Crippen molar-refractivity contribution in [2.24, 2.45) is 0 Å². The molecular weight excluding hydrogens is 324 g/mol. The van der Waals surface area contributed by atoms with Gasteiger partial charge >= 0.3 is 6.09 Å². The lowest BCUT2D eigenvalue weighted by Gasteiger charge is -2.36. The predicted molar refractivity (Wildman–Crippen MR) is 95.4 cm³/mol. The van der Waals surface area contributed by atoms with Crippen molar-refractivity contribution >= 4 is 23.2 Å². The van der Waals surface area contributed by atoms with E-state index in [1.54, 1.807) is 22.6 Å². The molecule has 3 rings (SSSR count). The van der Waals surface area contributed by atoms with E-state index in [0.717, 1.165) is 30.2 Å². The molecule has 0 spiro atoms. The molecule has 1 aliphatic heterocycles. The van der Waals surface area contributed by atoms with Crippen LogP contribution in [0.25, 0.3) is 11.3 Å². The number of ether oxygens (including phenoxy) is 1. The zero-order valence-corrected chi connectivity index (χ0v) is 15.0. The highest BCUT2D eigenvalue weighted by atomic mass is 32.1. The number of carbonyl (C=O) groups excluding carboxylic acids is 1. The minimum absolute atomic E-state index is 0.246. The summed E-state index contributed by atoms with van der Waals surface area (Å²) in [7, 11) is 0. The van der Waals surface area contributed by atoms with Gasteiger partial charge in [-0.2, -0.15) is 11.3 Å². The molecule has 0 radical (unpaired) electrons. The molecule has 0 N–H and O–H groups in total. The third-order valence-corrected chi connectivity index (χ3v) is 4.41. The summed E-state index contributed by atoms with van der Waals surface area (Å²) in [6, 6.07) is 4.06. The van der Waals surface area contributed by atoms with Crippen molar-refractivity contribution in [1.82, 2.24) is 14.9 Å². The molecule has 0 unspecified atom stereocenters. The summed E-state index contributed by atoms with van der Waals surface area (Å²) in [5, 5.41) is 4.11. The van der Waals surface area contributed by atoms with Crippen molar-refractivity contribution < 1.29 is 9.53 Å². The maximum atomic E-state index is 12.1. The molecule has 1 fully saturated rings. The maximum absolute atomic E-state index is 12.1. The number of amides is 1. The average molecular weight is 346 g/mol. The van der Waals surface area contributed by atoms with E-state index >= 15 is 0 Å². The molecule has 0 aliphatic carbocycles. The standard InChI is InChI=1S/C17H22N4O2S/c1-17(2,3)23-16(22)21-7-5-20(6-8-21)15-10-14(18-12-19-15)13-4-9-24-11-13/h4,9-12H,5-8H2,1-3H3. The molecule has 2 aromatic rings. The smallest absolute Gasteiger partial charge is 0.410 e. The average Bonchev–Trinajstić information content (AvgIpc) is 3.08. The van der Waals surface area contributed by atoms with Crippen LogP contribution in [0, 0.1) is 0 Å². The summed E-state index contributed by atoms with van der Waals surface area (Å²) in [6.07, 6.45) is 1.35. The van der Waals surface area contributed by atoms with Crippen LogP contribution >= 0.6 is 11.3 Å². The van der Waals surface area contributed by atoms with Crippen LogP contribution in [0.2, 0.25) is 0 Å². The van der Waals surface area contributed by atoms with Crippen LogP contribution in [-0.2, 0) is 4.74 Å². The molecule has 0 aromatic carbocycles. The Balaban J connectivity index is 1.63. The number of rotatable bonds is 2. The largest absolute Gasteiger partial charge is 0.444 e. The number of hydrogen-bond donors (Lipinski definition) is 0. The molecule has 1 saturated heterocycles. The molecule has 6 nitrogen and oxygen atoms in total. The summed E-state index contributed by atoms with van der Waals surface area (Å²) in [6.45, 7) is 8.38. The Hall–Kier alpha value is -2.15. The summed E-state index contributed by atoms with van der Waals surface area (Å²) in [5.74, 6) is 0.898. The fraction of sp³-hybridized carbons (Fsp3) is 0.471. The van der Waals surface area contributed by atoms with E-state index in [0.29, 0.717) is 13.1 Å². The first-order valence-corrected chi connectivity index (χ1v) is 8.94. The first kappa shape index (κ1) is 16.7. The lowest BCUT2D eigenvalue weighted by atomic mass is 10.2. The predicted octanol–water partition coefficient (Wildman–Crippen LogP) is 3.26. The number of nitrogens with zero attached hydrogens (tertiary/aromatic N) is 4. The van der Waals surface area contributed by atoms with Gasteiger partial charge in [0.15, 0.2) is 0 Å². The van der Waals surface area contributed by atoms with Gasteiger partial charge in [-0.15, -0.1) is 0 Å². The zero-order valence-electron chi connectivity index (χ0n) is 14.2. The van der Waals surface area contributed by atoms with E-state index in [9.17, 15) is 4.79 Å². The Bertz CT molecular complexity index is 689. The van der Waals surface area contributed by atoms with Crippen molar-refractivity contribution in [2.45, 2.75) is 26.4 Å². The summed E-state index contributed by atoms with van der Waals surface area (Å²) < 4.78 is 5.43. The van der Waals surface area contributed by atoms with Crippen LogP contribution in [0.1, 0.15) is 20.8 Å². The van der Waals surface area contributed by atoms with E-state index in [1.165, 1.54) is 0 Å². The van der Waals surface area contributed by atoms with Crippen molar-refractivity contribution in [3.8, 4) is 11.3 Å². The van der Waals surface area contributed by atoms with Crippen molar-refractivity contribution in [2.75, 3.05) is 31.1 Å². The second-order valence-corrected chi connectivity index (χ2v) is 7.51. The molecule has 128 valence electrons. The zero-order chi connectivity index (χ0) is 17.2. The lowest BCUT2D eigenvalue weighted by molar-refractivity contribution is 0.0240. The van der Waals surface area contributed by atoms with Gasteiger partial charge in [-0.1, -0.05) is 0 Å². The van der Waals surface area contributed by atoms with Crippen LogP contribution in [0.5, 0.6) is 0 Å². The quantitative estimate of drug-likeness (QED) is 0.835. The molecule has 7 heteroatoms. The Morgan fingerprint density at radius 2 is 1.96 bits per heavy atom. The fourth-order valence-corrected chi connectivity index (χ4v) is 3.18. The van der Waals surface area contributed by atoms with Gasteiger partial charge in [0.25, 0.3) is 0 Å². The summed E-state index contributed by atoms with van der Waals surface area (Å²) in [5.41, 5.74) is 1.57. The highest BCUT2D eigenvalue weighted by Gasteiger charge is 2.26. The number of anilines is 1. The molecule has 2 aromatic heterocycles. The van der Waals surface area contributed by atoms with Crippen LogP contribution in [0.4, 0.5) is 10.6 Å². The molecule has 24 heavy (non-hydrogen) atoms. The van der Waals surface area contributed by atoms with E-state index in [1.807, 2.05) is 32.2 Å². The van der Waals surface area contributed by atoms with Gasteiger partial charge in [0.05, 0.1) is 5.69 Å². The van der Waals surface area contributed by atoms with E-state index in [2.05, 4.69) is 26.3 Å². The van der Waals surface area contributed by atoms with Crippen LogP contribution < -0.4 is 4.90 Å². The fourth-order valence-electron chi connectivity index (χ4n) is 2.53. The van der Waals surface area contributed by atoms with Crippen molar-refractivity contribution in [3.63, 3.8) is 0 Å². The van der Waals surface area contributed by atoms with E-state index in [4.69, 9.17) is 4.74 Å². The van der Waals surface area contributed by atoms with Gasteiger partial charge in [-0.25, -0.2) is 14.8 Å². The van der Waals surface area contributed by atoms with E-state index in [-0.39, 0.29) is 6.09 Å². The van der Waals surface area contributed by atoms with Crippen LogP contribution in [0.3, 0.4) is 0 Å². The second kappa shape index (κ2) is 6.76. The van der Waals surface area contributed by atoms with Gasteiger partial charge in [-0.3, -0.25) is 0 Å². The first-order valence-electron chi connectivity index (χ1n) is 8.00. The number of hydrogen-bond acceptors (Lipinski definition) is 6. The number of aromatic nitrogens is 2. The van der Waals surface area contributed by atoms with Crippen molar-refractivity contribution in [3.05, 3.63) is 29.2 Å². The van der Waals surface area contributed by atoms with Gasteiger partial charge < -0.3 is 14.5 Å². The molecule has 0 saturated carbocycles. The number of piperazine rings is 1. The van der Waals surface area contributed by atoms with Gasteiger partial charge in [0.2, 0.25) is 0 Å². The van der Waals surface area contributed by atoms with Gasteiger partial charge in [0.1, 0.15) is 17.7 Å². The third kappa shape index (κ3) is 4.03. The highest BCUT2D eigenvalue weighted by molar-refractivity contribution is 7.08. The summed E-state index contributed by atoms with van der Waals surface area (Å²) in [4.78, 5) is 24.8. The Kier molecular flexibility index (Phi) is 4.71. The topological polar surface area (TPSA) is 58.6 Å². The van der Waals surface area contributed by atoms with Gasteiger partial charge in [0, 0.05) is 43.2 Å². The molecule has 0 bridgehead atoms. The third-order valence-electron chi connectivity index (χ3n) is 3.72. The van der Waals surface area contributed by atoms with Crippen LogP contribution in [0.15, 0.2) is 29.2 Å². The lowest BCUT2D eigenvalue weighted by Crippen LogP contribution is -2.50. The Labute approximate surface area is 146 Å². The maximum Gasteiger partial charge on any atom is 0.410 e. The SMILES string of the molecule is CC(C)(C)OC(=O)N1CCN(c2cc(-c3ccsc3)ncn2)CC1. The normalized spacial score (nSPS) is 15.5. The first-order chi connectivity index (χ1) is 11.4. The monoisotopic (exact) mass is 346 g/mol. The van der Waals surface area contributed by atoms with Crippen LogP contribution in [-0.4, -0.2) is 52.7 Å². The van der Waals surface area contributed by atoms with Gasteiger partial charge in [-0.05, 0) is 32.2 Å². The summed E-state index contributed by atoms with van der Waals surface area (Å²) >= 11 is 1.65.